The fourth-order valence-electron chi connectivity index (χ4n) is 2.34. The molecule has 0 bridgehead atoms. The molecule has 1 atom stereocenters. The molecule has 0 amide bonds. The smallest absolute Gasteiger partial charge is 0.0456 e. The van der Waals surface area contributed by atoms with Crippen molar-refractivity contribution in [1.29, 1.82) is 0 Å². The van der Waals surface area contributed by atoms with Gasteiger partial charge in [0.15, 0.2) is 0 Å². The van der Waals surface area contributed by atoms with Crippen molar-refractivity contribution in [3.63, 3.8) is 0 Å². The number of hydrogen-bond donors (Lipinski definition) is 0. The SMILES string of the molecule is CC(C)N1CCC(c2ccc(Cl)cc2Cl)C1. The molecule has 0 saturated carbocycles. The quantitative estimate of drug-likeness (QED) is 0.768. The Morgan fingerprint density at radius 3 is 2.62 bits per heavy atom. The molecular formula is C13H17Cl2N. The van der Waals surface area contributed by atoms with Gasteiger partial charge in [-0.2, -0.15) is 0 Å². The Bertz CT molecular complexity index is 376. The maximum Gasteiger partial charge on any atom is 0.0456 e. The second kappa shape index (κ2) is 4.95. The summed E-state index contributed by atoms with van der Waals surface area (Å²) in [5.74, 6) is 0.562. The standard InChI is InChI=1S/C13H17Cl2N/c1-9(2)16-6-5-10(8-16)12-4-3-11(14)7-13(12)15/h3-4,7,9-10H,5-6,8H2,1-2H3. The average molecular weight is 258 g/mol. The highest BCUT2D eigenvalue weighted by Crippen LogP contribution is 2.34. The Morgan fingerprint density at radius 2 is 2.06 bits per heavy atom. The summed E-state index contributed by atoms with van der Waals surface area (Å²) in [4.78, 5) is 2.50. The normalized spacial score (nSPS) is 21.9. The molecule has 1 saturated heterocycles. The lowest BCUT2D eigenvalue weighted by Gasteiger charge is -2.20. The van der Waals surface area contributed by atoms with E-state index in [1.165, 1.54) is 18.5 Å². The minimum atomic E-state index is 0.562. The van der Waals surface area contributed by atoms with Crippen molar-refractivity contribution >= 4 is 23.2 Å². The lowest BCUT2D eigenvalue weighted by molar-refractivity contribution is 0.272. The minimum absolute atomic E-state index is 0.562. The molecule has 0 N–H and O–H groups in total. The van der Waals surface area contributed by atoms with E-state index < -0.39 is 0 Å². The third-order valence-electron chi connectivity index (χ3n) is 3.35. The Kier molecular flexibility index (Phi) is 3.78. The van der Waals surface area contributed by atoms with E-state index in [9.17, 15) is 0 Å². The van der Waals surface area contributed by atoms with Gasteiger partial charge in [0.1, 0.15) is 0 Å². The zero-order chi connectivity index (χ0) is 11.7. The summed E-state index contributed by atoms with van der Waals surface area (Å²) in [6.07, 6.45) is 1.19. The van der Waals surface area contributed by atoms with Crippen molar-refractivity contribution in [3.8, 4) is 0 Å². The van der Waals surface area contributed by atoms with Crippen molar-refractivity contribution in [2.24, 2.45) is 0 Å². The molecule has 1 heterocycles. The number of likely N-dealkylation sites (tertiary alicyclic amines) is 1. The summed E-state index contributed by atoms with van der Waals surface area (Å²) in [5.41, 5.74) is 1.24. The molecule has 0 aromatic heterocycles. The number of benzene rings is 1. The van der Waals surface area contributed by atoms with E-state index in [2.05, 4.69) is 24.8 Å². The average Bonchev–Trinajstić information content (AvgIpc) is 2.66. The number of rotatable bonds is 2. The van der Waals surface area contributed by atoms with Gasteiger partial charge >= 0.3 is 0 Å². The van der Waals surface area contributed by atoms with Crippen LogP contribution in [0.5, 0.6) is 0 Å². The van der Waals surface area contributed by atoms with Crippen molar-refractivity contribution in [1.82, 2.24) is 4.90 Å². The summed E-state index contributed by atoms with van der Waals surface area (Å²) >= 11 is 12.1. The summed E-state index contributed by atoms with van der Waals surface area (Å²) in [6.45, 7) is 6.76. The predicted molar refractivity (Wildman–Crippen MR) is 70.5 cm³/mol. The van der Waals surface area contributed by atoms with Crippen LogP contribution in [0.1, 0.15) is 31.7 Å². The molecule has 1 aromatic carbocycles. The number of halogens is 2. The highest BCUT2D eigenvalue weighted by molar-refractivity contribution is 6.35. The van der Waals surface area contributed by atoms with Gasteiger partial charge in [-0.1, -0.05) is 29.3 Å². The van der Waals surface area contributed by atoms with Crippen LogP contribution in [0.25, 0.3) is 0 Å². The first-order valence-corrected chi connectivity index (χ1v) is 6.52. The molecule has 1 aliphatic heterocycles. The van der Waals surface area contributed by atoms with E-state index in [-0.39, 0.29) is 0 Å². The molecule has 0 aliphatic carbocycles. The molecule has 2 rings (SSSR count). The fourth-order valence-corrected chi connectivity index (χ4v) is 2.91. The first-order chi connectivity index (χ1) is 7.58. The van der Waals surface area contributed by atoms with Crippen LogP contribution in [0.3, 0.4) is 0 Å². The van der Waals surface area contributed by atoms with Crippen LogP contribution in [0.4, 0.5) is 0 Å². The van der Waals surface area contributed by atoms with E-state index in [0.29, 0.717) is 17.0 Å². The van der Waals surface area contributed by atoms with Gasteiger partial charge in [-0.25, -0.2) is 0 Å². The molecule has 3 heteroatoms. The maximum atomic E-state index is 6.23. The highest BCUT2D eigenvalue weighted by Gasteiger charge is 2.26. The largest absolute Gasteiger partial charge is 0.300 e. The molecule has 88 valence electrons. The van der Waals surface area contributed by atoms with Crippen LogP contribution in [0, 0.1) is 0 Å². The number of nitrogens with zero attached hydrogens (tertiary/aromatic N) is 1. The summed E-state index contributed by atoms with van der Waals surface area (Å²) in [5, 5.41) is 1.52. The van der Waals surface area contributed by atoms with Gasteiger partial charge in [-0.15, -0.1) is 0 Å². The van der Waals surface area contributed by atoms with Crippen LogP contribution in [0.15, 0.2) is 18.2 Å². The van der Waals surface area contributed by atoms with E-state index in [4.69, 9.17) is 23.2 Å². The van der Waals surface area contributed by atoms with Crippen LogP contribution < -0.4 is 0 Å². The fraction of sp³-hybridized carbons (Fsp3) is 0.538. The van der Waals surface area contributed by atoms with E-state index in [0.717, 1.165) is 11.6 Å². The van der Waals surface area contributed by atoms with Gasteiger partial charge in [0, 0.05) is 22.6 Å². The van der Waals surface area contributed by atoms with E-state index in [1.54, 1.807) is 0 Å². The molecule has 16 heavy (non-hydrogen) atoms. The Morgan fingerprint density at radius 1 is 1.31 bits per heavy atom. The Balaban J connectivity index is 2.14. The molecule has 1 aliphatic rings. The van der Waals surface area contributed by atoms with Crippen molar-refractivity contribution in [2.45, 2.75) is 32.2 Å². The first-order valence-electron chi connectivity index (χ1n) is 5.77. The lowest BCUT2D eigenvalue weighted by atomic mass is 9.98. The molecule has 1 aromatic rings. The third kappa shape index (κ3) is 2.53. The monoisotopic (exact) mass is 257 g/mol. The van der Waals surface area contributed by atoms with Crippen LogP contribution in [0.2, 0.25) is 10.0 Å². The summed E-state index contributed by atoms with van der Waals surface area (Å²) in [7, 11) is 0. The van der Waals surface area contributed by atoms with Crippen molar-refractivity contribution in [3.05, 3.63) is 33.8 Å². The van der Waals surface area contributed by atoms with Crippen molar-refractivity contribution in [2.75, 3.05) is 13.1 Å². The van der Waals surface area contributed by atoms with Gasteiger partial charge in [-0.3, -0.25) is 0 Å². The van der Waals surface area contributed by atoms with Crippen LogP contribution in [-0.2, 0) is 0 Å². The molecule has 0 spiro atoms. The minimum Gasteiger partial charge on any atom is -0.300 e. The van der Waals surface area contributed by atoms with Gasteiger partial charge in [-0.05, 0) is 50.4 Å². The van der Waals surface area contributed by atoms with Crippen molar-refractivity contribution < 1.29 is 0 Å². The molecule has 0 radical (unpaired) electrons. The Labute approximate surface area is 107 Å². The highest BCUT2D eigenvalue weighted by atomic mass is 35.5. The van der Waals surface area contributed by atoms with E-state index in [1.807, 2.05) is 12.1 Å². The van der Waals surface area contributed by atoms with Gasteiger partial charge < -0.3 is 4.90 Å². The molecule has 1 fully saturated rings. The topological polar surface area (TPSA) is 3.24 Å². The zero-order valence-corrected chi connectivity index (χ0v) is 11.2. The van der Waals surface area contributed by atoms with Gasteiger partial charge in [0.05, 0.1) is 0 Å². The zero-order valence-electron chi connectivity index (χ0n) is 9.71. The van der Waals surface area contributed by atoms with Gasteiger partial charge in [0.2, 0.25) is 0 Å². The van der Waals surface area contributed by atoms with Crippen LogP contribution >= 0.6 is 23.2 Å². The van der Waals surface area contributed by atoms with Gasteiger partial charge in [0.25, 0.3) is 0 Å². The van der Waals surface area contributed by atoms with Crippen LogP contribution in [-0.4, -0.2) is 24.0 Å². The van der Waals surface area contributed by atoms with E-state index >= 15 is 0 Å². The Hall–Kier alpha value is -0.240. The number of hydrogen-bond acceptors (Lipinski definition) is 1. The molecule has 1 unspecified atom stereocenters. The predicted octanol–water partition coefficient (Wildman–Crippen LogP) is 4.19. The maximum absolute atomic E-state index is 6.23. The summed E-state index contributed by atoms with van der Waals surface area (Å²) < 4.78 is 0. The third-order valence-corrected chi connectivity index (χ3v) is 3.91. The second-order valence-corrected chi connectivity index (χ2v) is 5.58. The lowest BCUT2D eigenvalue weighted by Crippen LogP contribution is -2.27. The summed E-state index contributed by atoms with van der Waals surface area (Å²) in [6, 6.07) is 6.47. The first kappa shape index (κ1) is 12.2. The second-order valence-electron chi connectivity index (χ2n) is 4.74. The molecule has 1 nitrogen and oxygen atoms in total. The molecular weight excluding hydrogens is 241 g/mol.